The van der Waals surface area contributed by atoms with E-state index in [1.54, 1.807) is 0 Å². The Bertz CT molecular complexity index is 165. The fourth-order valence-corrected chi connectivity index (χ4v) is 1.03. The van der Waals surface area contributed by atoms with Crippen LogP contribution in [0, 0.1) is 0 Å². The Morgan fingerprint density at radius 3 is 2.62 bits per heavy atom. The van der Waals surface area contributed by atoms with Crippen LogP contribution in [0.2, 0.25) is 0 Å². The molecule has 0 aliphatic carbocycles. The number of hydrogen-bond acceptors (Lipinski definition) is 4. The fraction of sp³-hybridized carbons (Fsp3) is 0.909. The molecule has 0 aliphatic heterocycles. The molecule has 0 aliphatic rings. The summed E-state index contributed by atoms with van der Waals surface area (Å²) in [5.41, 5.74) is 0. The molecule has 0 atom stereocenters. The van der Waals surface area contributed by atoms with Crippen molar-refractivity contribution in [2.24, 2.45) is 0 Å². The van der Waals surface area contributed by atoms with Crippen LogP contribution in [-0.2, 0) is 9.47 Å². The predicted molar refractivity (Wildman–Crippen MR) is 63.6 cm³/mol. The molecule has 5 nitrogen and oxygen atoms in total. The number of carbonyl (C=O) groups excluding carboxylic acids is 1. The highest BCUT2D eigenvalue weighted by molar-refractivity contribution is 5.66. The molecule has 0 saturated carbocycles. The summed E-state index contributed by atoms with van der Waals surface area (Å²) in [6.45, 7) is 7.98. The molecule has 1 amide bonds. The number of hydrogen-bond donors (Lipinski definition) is 2. The van der Waals surface area contributed by atoms with Crippen molar-refractivity contribution in [3.63, 3.8) is 0 Å². The SMILES string of the molecule is CCCCNC(=O)OCCOCCNCC. The second kappa shape index (κ2) is 12.3. The van der Waals surface area contributed by atoms with E-state index in [2.05, 4.69) is 17.6 Å². The van der Waals surface area contributed by atoms with Gasteiger partial charge in [0.2, 0.25) is 0 Å². The van der Waals surface area contributed by atoms with Gasteiger partial charge in [-0.15, -0.1) is 0 Å². The van der Waals surface area contributed by atoms with Crippen molar-refractivity contribution >= 4 is 6.09 Å². The van der Waals surface area contributed by atoms with Gasteiger partial charge >= 0.3 is 6.09 Å². The van der Waals surface area contributed by atoms with Gasteiger partial charge < -0.3 is 20.1 Å². The van der Waals surface area contributed by atoms with Crippen molar-refractivity contribution in [3.8, 4) is 0 Å². The fourth-order valence-electron chi connectivity index (χ4n) is 1.03. The molecule has 0 aromatic carbocycles. The van der Waals surface area contributed by atoms with Gasteiger partial charge in [-0.1, -0.05) is 20.3 Å². The highest BCUT2D eigenvalue weighted by Gasteiger charge is 1.99. The molecule has 0 aromatic heterocycles. The number of rotatable bonds is 10. The minimum atomic E-state index is -0.358. The summed E-state index contributed by atoms with van der Waals surface area (Å²) in [4.78, 5) is 11.1. The lowest BCUT2D eigenvalue weighted by molar-refractivity contribution is 0.0741. The van der Waals surface area contributed by atoms with Gasteiger partial charge in [0.15, 0.2) is 0 Å². The summed E-state index contributed by atoms with van der Waals surface area (Å²) in [5.74, 6) is 0. The van der Waals surface area contributed by atoms with Crippen LogP contribution < -0.4 is 10.6 Å². The Kier molecular flexibility index (Phi) is 11.6. The van der Waals surface area contributed by atoms with Gasteiger partial charge in [-0.3, -0.25) is 0 Å². The lowest BCUT2D eigenvalue weighted by Crippen LogP contribution is -2.27. The van der Waals surface area contributed by atoms with E-state index in [0.717, 1.165) is 25.9 Å². The average molecular weight is 232 g/mol. The van der Waals surface area contributed by atoms with E-state index in [9.17, 15) is 4.79 Å². The third-order valence-corrected chi connectivity index (χ3v) is 1.93. The molecule has 0 heterocycles. The van der Waals surface area contributed by atoms with Gasteiger partial charge in [0.25, 0.3) is 0 Å². The minimum Gasteiger partial charge on any atom is -0.447 e. The molecule has 0 spiro atoms. The van der Waals surface area contributed by atoms with Crippen molar-refractivity contribution in [2.45, 2.75) is 26.7 Å². The first-order chi connectivity index (χ1) is 7.81. The highest BCUT2D eigenvalue weighted by atomic mass is 16.6. The van der Waals surface area contributed by atoms with Crippen LogP contribution in [0.25, 0.3) is 0 Å². The second-order valence-electron chi connectivity index (χ2n) is 3.38. The number of alkyl carbamates (subject to hydrolysis) is 1. The zero-order valence-corrected chi connectivity index (χ0v) is 10.4. The standard InChI is InChI=1S/C11H24N2O3/c1-3-5-6-13-11(14)16-10-9-15-8-7-12-4-2/h12H,3-10H2,1-2H3,(H,13,14). The van der Waals surface area contributed by atoms with Crippen molar-refractivity contribution in [1.29, 1.82) is 0 Å². The molecule has 0 radical (unpaired) electrons. The van der Waals surface area contributed by atoms with Crippen molar-refractivity contribution in [2.75, 3.05) is 39.5 Å². The van der Waals surface area contributed by atoms with E-state index in [-0.39, 0.29) is 6.09 Å². The summed E-state index contributed by atoms with van der Waals surface area (Å²) in [6.07, 6.45) is 1.69. The van der Waals surface area contributed by atoms with Crippen LogP contribution in [0.5, 0.6) is 0 Å². The third-order valence-electron chi connectivity index (χ3n) is 1.93. The Hall–Kier alpha value is -0.810. The normalized spacial score (nSPS) is 10.1. The molecule has 2 N–H and O–H groups in total. The maximum atomic E-state index is 11.1. The molecule has 5 heteroatoms. The third kappa shape index (κ3) is 11.3. The summed E-state index contributed by atoms with van der Waals surface area (Å²) in [7, 11) is 0. The Morgan fingerprint density at radius 2 is 1.94 bits per heavy atom. The maximum absolute atomic E-state index is 11.1. The lowest BCUT2D eigenvalue weighted by Gasteiger charge is -2.07. The van der Waals surface area contributed by atoms with Gasteiger partial charge in [0.1, 0.15) is 6.61 Å². The first-order valence-electron chi connectivity index (χ1n) is 6.00. The molecule has 0 aromatic rings. The predicted octanol–water partition coefficient (Wildman–Crippen LogP) is 1.14. The summed E-state index contributed by atoms with van der Waals surface area (Å²) in [6, 6.07) is 0. The van der Waals surface area contributed by atoms with Gasteiger partial charge in [0, 0.05) is 13.1 Å². The molecule has 0 saturated heterocycles. The molecule has 0 fully saturated rings. The molecular formula is C11H24N2O3. The maximum Gasteiger partial charge on any atom is 0.407 e. The quantitative estimate of drug-likeness (QED) is 0.555. The van der Waals surface area contributed by atoms with Crippen molar-refractivity contribution in [3.05, 3.63) is 0 Å². The summed E-state index contributed by atoms with van der Waals surface area (Å²) >= 11 is 0. The highest BCUT2D eigenvalue weighted by Crippen LogP contribution is 1.85. The zero-order valence-electron chi connectivity index (χ0n) is 10.4. The van der Waals surface area contributed by atoms with E-state index >= 15 is 0 Å². The van der Waals surface area contributed by atoms with Crippen molar-refractivity contribution in [1.82, 2.24) is 10.6 Å². The van der Waals surface area contributed by atoms with E-state index in [1.807, 2.05) is 6.92 Å². The van der Waals surface area contributed by atoms with Crippen LogP contribution in [0.15, 0.2) is 0 Å². The number of likely N-dealkylation sites (N-methyl/N-ethyl adjacent to an activating group) is 1. The Morgan fingerprint density at radius 1 is 1.12 bits per heavy atom. The topological polar surface area (TPSA) is 59.6 Å². The van der Waals surface area contributed by atoms with Crippen molar-refractivity contribution < 1.29 is 14.3 Å². The van der Waals surface area contributed by atoms with Crippen LogP contribution in [0.1, 0.15) is 26.7 Å². The largest absolute Gasteiger partial charge is 0.447 e. The molecule has 0 rings (SSSR count). The Labute approximate surface area is 97.9 Å². The van der Waals surface area contributed by atoms with Crippen LogP contribution in [0.4, 0.5) is 4.79 Å². The number of unbranched alkanes of at least 4 members (excludes halogenated alkanes) is 1. The molecule has 96 valence electrons. The molecule has 0 unspecified atom stereocenters. The van der Waals surface area contributed by atoms with Gasteiger partial charge in [-0.2, -0.15) is 0 Å². The van der Waals surface area contributed by atoms with E-state index in [0.29, 0.717) is 26.4 Å². The second-order valence-corrected chi connectivity index (χ2v) is 3.38. The van der Waals surface area contributed by atoms with Crippen LogP contribution in [-0.4, -0.2) is 45.5 Å². The van der Waals surface area contributed by atoms with E-state index in [1.165, 1.54) is 0 Å². The number of ether oxygens (including phenoxy) is 2. The number of carbonyl (C=O) groups is 1. The zero-order chi connectivity index (χ0) is 12.1. The van der Waals surface area contributed by atoms with Gasteiger partial charge in [-0.25, -0.2) is 4.79 Å². The molecular weight excluding hydrogens is 208 g/mol. The molecule has 16 heavy (non-hydrogen) atoms. The monoisotopic (exact) mass is 232 g/mol. The summed E-state index contributed by atoms with van der Waals surface area (Å²) < 4.78 is 10.1. The van der Waals surface area contributed by atoms with Gasteiger partial charge in [0.05, 0.1) is 13.2 Å². The first kappa shape index (κ1) is 15.2. The smallest absolute Gasteiger partial charge is 0.407 e. The van der Waals surface area contributed by atoms with Crippen LogP contribution >= 0.6 is 0 Å². The van der Waals surface area contributed by atoms with Crippen LogP contribution in [0.3, 0.4) is 0 Å². The number of nitrogens with one attached hydrogen (secondary N) is 2. The molecule has 0 bridgehead atoms. The average Bonchev–Trinajstić information content (AvgIpc) is 2.28. The summed E-state index contributed by atoms with van der Waals surface area (Å²) in [5, 5.41) is 5.80. The first-order valence-corrected chi connectivity index (χ1v) is 6.00. The lowest BCUT2D eigenvalue weighted by atomic mass is 10.3. The number of amides is 1. The van der Waals surface area contributed by atoms with E-state index < -0.39 is 0 Å². The van der Waals surface area contributed by atoms with Gasteiger partial charge in [-0.05, 0) is 13.0 Å². The minimum absolute atomic E-state index is 0.310. The van der Waals surface area contributed by atoms with E-state index in [4.69, 9.17) is 9.47 Å². The Balaban J connectivity index is 3.09.